The maximum atomic E-state index is 9.37. The van der Waals surface area contributed by atoms with E-state index in [4.69, 9.17) is 4.74 Å². The second-order valence-electron chi connectivity index (χ2n) is 10.5. The van der Waals surface area contributed by atoms with E-state index in [1.54, 1.807) is 0 Å². The van der Waals surface area contributed by atoms with Gasteiger partial charge in [0.2, 0.25) is 0 Å². The number of ether oxygens (including phenoxy) is 1. The third-order valence-electron chi connectivity index (χ3n) is 6.56. The summed E-state index contributed by atoms with van der Waals surface area (Å²) in [6.45, 7) is 12.0. The van der Waals surface area contributed by atoms with Gasteiger partial charge in [0, 0.05) is 5.39 Å². The highest BCUT2D eigenvalue weighted by atomic mass is 16.5. The van der Waals surface area contributed by atoms with E-state index in [1.165, 1.54) is 27.3 Å². The SMILES string of the molecule is CC(C)(C)c1ccc2c(OCCC(C)(C)c3ccc4cc(CO)ccc4c3)cccc2c1. The van der Waals surface area contributed by atoms with Crippen molar-refractivity contribution >= 4 is 21.5 Å². The molecular weight excluding hydrogens is 392 g/mol. The van der Waals surface area contributed by atoms with Crippen LogP contribution in [0, 0.1) is 0 Å². The quantitative estimate of drug-likeness (QED) is 0.345. The highest BCUT2D eigenvalue weighted by Gasteiger charge is 2.21. The van der Waals surface area contributed by atoms with E-state index < -0.39 is 0 Å². The second kappa shape index (κ2) is 8.60. The smallest absolute Gasteiger partial charge is 0.127 e. The van der Waals surface area contributed by atoms with Crippen molar-refractivity contribution in [2.75, 3.05) is 6.61 Å². The highest BCUT2D eigenvalue weighted by Crippen LogP contribution is 2.33. The summed E-state index contributed by atoms with van der Waals surface area (Å²) >= 11 is 0. The molecule has 4 aromatic carbocycles. The molecule has 0 aliphatic heterocycles. The molecule has 2 nitrogen and oxygen atoms in total. The second-order valence-corrected chi connectivity index (χ2v) is 10.5. The molecule has 0 fully saturated rings. The molecule has 0 aliphatic carbocycles. The number of benzene rings is 4. The predicted molar refractivity (Wildman–Crippen MR) is 136 cm³/mol. The van der Waals surface area contributed by atoms with Gasteiger partial charge in [0.15, 0.2) is 0 Å². The van der Waals surface area contributed by atoms with Crippen LogP contribution in [0.5, 0.6) is 5.75 Å². The molecule has 0 spiro atoms. The normalized spacial score (nSPS) is 12.4. The highest BCUT2D eigenvalue weighted by molar-refractivity contribution is 5.89. The van der Waals surface area contributed by atoms with E-state index in [-0.39, 0.29) is 17.4 Å². The molecule has 0 amide bonds. The molecule has 4 rings (SSSR count). The van der Waals surface area contributed by atoms with Crippen LogP contribution in [0.25, 0.3) is 21.5 Å². The summed E-state index contributed by atoms with van der Waals surface area (Å²) in [5.74, 6) is 0.953. The summed E-state index contributed by atoms with van der Waals surface area (Å²) in [6.07, 6.45) is 0.920. The van der Waals surface area contributed by atoms with Crippen molar-refractivity contribution in [1.82, 2.24) is 0 Å². The molecule has 0 aliphatic rings. The Labute approximate surface area is 191 Å². The van der Waals surface area contributed by atoms with Gasteiger partial charge in [-0.1, -0.05) is 95.3 Å². The van der Waals surface area contributed by atoms with Crippen LogP contribution in [0.15, 0.2) is 72.8 Å². The van der Waals surface area contributed by atoms with E-state index in [9.17, 15) is 5.11 Å². The summed E-state index contributed by atoms with van der Waals surface area (Å²) in [6, 6.07) is 25.8. The first-order chi connectivity index (χ1) is 15.2. The van der Waals surface area contributed by atoms with E-state index in [0.717, 1.165) is 23.1 Å². The summed E-state index contributed by atoms with van der Waals surface area (Å²) in [4.78, 5) is 0. The minimum atomic E-state index is -0.00612. The Morgan fingerprint density at radius 3 is 2.16 bits per heavy atom. The first kappa shape index (κ1) is 22.4. The maximum Gasteiger partial charge on any atom is 0.127 e. The molecule has 0 radical (unpaired) electrons. The summed E-state index contributed by atoms with van der Waals surface area (Å²) in [5, 5.41) is 14.1. The van der Waals surface area contributed by atoms with Crippen molar-refractivity contribution in [2.24, 2.45) is 0 Å². The molecule has 0 atom stereocenters. The van der Waals surface area contributed by atoms with Crippen LogP contribution < -0.4 is 4.74 Å². The average Bonchev–Trinajstić information content (AvgIpc) is 2.77. The Balaban J connectivity index is 1.50. The number of aliphatic hydroxyl groups excluding tert-OH is 1. The minimum Gasteiger partial charge on any atom is -0.493 e. The summed E-state index contributed by atoms with van der Waals surface area (Å²) < 4.78 is 6.29. The Morgan fingerprint density at radius 1 is 0.719 bits per heavy atom. The van der Waals surface area contributed by atoms with Gasteiger partial charge >= 0.3 is 0 Å². The Hall–Kier alpha value is -2.84. The van der Waals surface area contributed by atoms with Gasteiger partial charge in [-0.2, -0.15) is 0 Å². The van der Waals surface area contributed by atoms with Crippen LogP contribution in [0.3, 0.4) is 0 Å². The van der Waals surface area contributed by atoms with E-state index >= 15 is 0 Å². The van der Waals surface area contributed by atoms with Gasteiger partial charge in [0.1, 0.15) is 5.75 Å². The monoisotopic (exact) mass is 426 g/mol. The van der Waals surface area contributed by atoms with Gasteiger partial charge in [0.05, 0.1) is 13.2 Å². The zero-order valence-electron chi connectivity index (χ0n) is 19.9. The topological polar surface area (TPSA) is 29.5 Å². The molecule has 0 unspecified atom stereocenters. The molecular formula is C30H34O2. The van der Waals surface area contributed by atoms with E-state index in [1.807, 2.05) is 6.07 Å². The lowest BCUT2D eigenvalue weighted by atomic mass is 9.81. The lowest BCUT2D eigenvalue weighted by Crippen LogP contribution is -2.20. The Morgan fingerprint density at radius 2 is 1.41 bits per heavy atom. The van der Waals surface area contributed by atoms with Gasteiger partial charge < -0.3 is 9.84 Å². The minimum absolute atomic E-state index is 0.00612. The molecule has 0 aromatic heterocycles. The van der Waals surface area contributed by atoms with Crippen molar-refractivity contribution in [2.45, 2.75) is 58.5 Å². The Bertz CT molecular complexity index is 1240. The number of aliphatic hydroxyl groups is 1. The third kappa shape index (κ3) is 4.66. The summed E-state index contributed by atoms with van der Waals surface area (Å²) in [7, 11) is 0. The Kier molecular flexibility index (Phi) is 6.01. The van der Waals surface area contributed by atoms with Gasteiger partial charge in [-0.15, -0.1) is 0 Å². The molecule has 0 bridgehead atoms. The molecule has 166 valence electrons. The number of hydrogen-bond donors (Lipinski definition) is 1. The van der Waals surface area contributed by atoms with E-state index in [2.05, 4.69) is 101 Å². The van der Waals surface area contributed by atoms with Crippen LogP contribution in [0.4, 0.5) is 0 Å². The molecule has 32 heavy (non-hydrogen) atoms. The van der Waals surface area contributed by atoms with Crippen LogP contribution in [-0.2, 0) is 17.4 Å². The van der Waals surface area contributed by atoms with Crippen molar-refractivity contribution < 1.29 is 9.84 Å². The lowest BCUT2D eigenvalue weighted by Gasteiger charge is -2.26. The largest absolute Gasteiger partial charge is 0.493 e. The maximum absolute atomic E-state index is 9.37. The average molecular weight is 427 g/mol. The van der Waals surface area contributed by atoms with Crippen molar-refractivity contribution in [3.63, 3.8) is 0 Å². The molecule has 1 N–H and O–H groups in total. The van der Waals surface area contributed by atoms with E-state index in [0.29, 0.717) is 6.61 Å². The van der Waals surface area contributed by atoms with Gasteiger partial charge in [-0.05, 0) is 62.2 Å². The fourth-order valence-corrected chi connectivity index (χ4v) is 4.22. The zero-order chi connectivity index (χ0) is 22.9. The molecule has 2 heteroatoms. The third-order valence-corrected chi connectivity index (χ3v) is 6.56. The van der Waals surface area contributed by atoms with Crippen LogP contribution in [-0.4, -0.2) is 11.7 Å². The van der Waals surface area contributed by atoms with Gasteiger partial charge in [0.25, 0.3) is 0 Å². The van der Waals surface area contributed by atoms with Crippen molar-refractivity contribution in [1.29, 1.82) is 0 Å². The fourth-order valence-electron chi connectivity index (χ4n) is 4.22. The number of fused-ring (bicyclic) bond motifs is 2. The van der Waals surface area contributed by atoms with Crippen molar-refractivity contribution in [3.05, 3.63) is 89.5 Å². The van der Waals surface area contributed by atoms with Crippen LogP contribution >= 0.6 is 0 Å². The number of hydrogen-bond acceptors (Lipinski definition) is 2. The van der Waals surface area contributed by atoms with Crippen LogP contribution in [0.1, 0.15) is 57.7 Å². The molecule has 0 heterocycles. The first-order valence-corrected chi connectivity index (χ1v) is 11.5. The molecule has 0 saturated heterocycles. The number of rotatable bonds is 6. The van der Waals surface area contributed by atoms with Crippen LogP contribution in [0.2, 0.25) is 0 Å². The first-order valence-electron chi connectivity index (χ1n) is 11.5. The van der Waals surface area contributed by atoms with Gasteiger partial charge in [-0.3, -0.25) is 0 Å². The fraction of sp³-hybridized carbons (Fsp3) is 0.333. The zero-order valence-corrected chi connectivity index (χ0v) is 19.9. The van der Waals surface area contributed by atoms with Gasteiger partial charge in [-0.25, -0.2) is 0 Å². The van der Waals surface area contributed by atoms with Crippen molar-refractivity contribution in [3.8, 4) is 5.75 Å². The molecule has 0 saturated carbocycles. The lowest BCUT2D eigenvalue weighted by molar-refractivity contribution is 0.275. The predicted octanol–water partition coefficient (Wildman–Crippen LogP) is 7.53. The standard InChI is InChI=1S/C30H34O2/c1-29(2,3)25-13-14-27-24(19-25)7-6-8-28(27)32-16-15-30(4,5)26-12-11-22-17-21(20-31)9-10-23(22)18-26/h6-14,17-19,31H,15-16,20H2,1-5H3. The molecule has 4 aromatic rings. The summed E-state index contributed by atoms with van der Waals surface area (Å²) in [5.41, 5.74) is 3.72.